The van der Waals surface area contributed by atoms with Gasteiger partial charge in [-0.3, -0.25) is 0 Å². The van der Waals surface area contributed by atoms with Crippen molar-refractivity contribution in [1.82, 2.24) is 0 Å². The molecule has 0 unspecified atom stereocenters. The Labute approximate surface area is 83.5 Å². The summed E-state index contributed by atoms with van der Waals surface area (Å²) >= 11 is 0. The molecule has 0 fully saturated rings. The summed E-state index contributed by atoms with van der Waals surface area (Å²) in [7, 11) is 0. The maximum Gasteiger partial charge on any atom is 2.00 e. The summed E-state index contributed by atoms with van der Waals surface area (Å²) in [6.45, 7) is 0. The van der Waals surface area contributed by atoms with Gasteiger partial charge in [0.1, 0.15) is 0 Å². The minimum Gasteiger partial charge on any atom is -1.00 e. The van der Waals surface area contributed by atoms with Crippen LogP contribution in [0.5, 0.6) is 0 Å². The summed E-state index contributed by atoms with van der Waals surface area (Å²) in [5, 5.41) is 0. The van der Waals surface area contributed by atoms with Crippen molar-refractivity contribution in [3.8, 4) is 0 Å². The molecule has 18 valence electrons. The molecule has 0 aliphatic carbocycles. The second-order valence-electron chi connectivity index (χ2n) is 0. The quantitative estimate of drug-likeness (QED) is 0.267. The Morgan fingerprint density at radius 3 is 1.00 bits per heavy atom. The van der Waals surface area contributed by atoms with E-state index < -0.39 is 0 Å². The normalized spacial score (nSPS) is 0. The maximum absolute atomic E-state index is 0. The Hall–Kier alpha value is 2.26. The fourth-order valence-electron chi connectivity index (χ4n) is 0. The van der Waals surface area contributed by atoms with E-state index in [-0.39, 0.29) is 85.3 Å². The van der Waals surface area contributed by atoms with Gasteiger partial charge >= 0.3 is 74.4 Å². The predicted octanol–water partition coefficient (Wildman–Crippen LogP) is -9.26. The van der Waals surface area contributed by atoms with Crippen molar-refractivity contribution >= 4 is 23.1 Å². The van der Waals surface area contributed by atoms with E-state index in [0.717, 1.165) is 0 Å². The van der Waals surface area contributed by atoms with Crippen LogP contribution in [-0.2, 0) is 0 Å². The minimum atomic E-state index is 0. The van der Waals surface area contributed by atoms with Gasteiger partial charge in [-0.25, -0.2) is 0 Å². The van der Waals surface area contributed by atoms with Crippen molar-refractivity contribution in [3.05, 3.63) is 0 Å². The topological polar surface area (TPSA) is 0 Å². The molecule has 0 aromatic carbocycles. The molecule has 0 heterocycles. The van der Waals surface area contributed by atoms with Crippen molar-refractivity contribution in [3.63, 3.8) is 0 Å². The second kappa shape index (κ2) is 18.7. The van der Waals surface area contributed by atoms with Crippen molar-refractivity contribution in [1.29, 1.82) is 0 Å². The Kier molecular flexibility index (Phi) is 158. The van der Waals surface area contributed by atoms with E-state index in [1.54, 1.807) is 0 Å². The fourth-order valence-corrected chi connectivity index (χ4v) is 0. The number of halogens is 2. The number of hydrogen-bond acceptors (Lipinski definition) is 0. The van der Waals surface area contributed by atoms with Crippen LogP contribution in [0.15, 0.2) is 0 Å². The van der Waals surface area contributed by atoms with Crippen LogP contribution < -0.4 is 60.8 Å². The first kappa shape index (κ1) is 33.9. The van der Waals surface area contributed by atoms with Gasteiger partial charge in [0, 0.05) is 0 Å². The van der Waals surface area contributed by atoms with Crippen LogP contribution in [-0.4, -0.2) is 23.1 Å². The largest absolute Gasteiger partial charge is 2.00 e. The van der Waals surface area contributed by atoms with E-state index in [4.69, 9.17) is 0 Å². The van der Waals surface area contributed by atoms with Gasteiger partial charge in [0.2, 0.25) is 0 Å². The van der Waals surface area contributed by atoms with Crippen molar-refractivity contribution < 1.29 is 62.2 Å². The van der Waals surface area contributed by atoms with Gasteiger partial charge in [-0.15, -0.1) is 0 Å². The third-order valence-electron chi connectivity index (χ3n) is 0. The Morgan fingerprint density at radius 2 is 1.00 bits per heavy atom. The van der Waals surface area contributed by atoms with Crippen molar-refractivity contribution in [2.75, 3.05) is 0 Å². The van der Waals surface area contributed by atoms with Crippen LogP contribution in [0.4, 0.5) is 0 Å². The van der Waals surface area contributed by atoms with Crippen LogP contribution in [0.25, 0.3) is 0 Å². The van der Waals surface area contributed by atoms with Gasteiger partial charge < -0.3 is 10.8 Å². The molecule has 0 aromatic rings. The summed E-state index contributed by atoms with van der Waals surface area (Å²) in [5.41, 5.74) is 0. The average Bonchev–Trinajstić information content (AvgIpc) is 0. The molecule has 0 aliphatic rings. The molecular formula is HF2KMg. The zero-order valence-electron chi connectivity index (χ0n) is 3.46. The SMILES string of the molecule is [F-].[F-].[H-].[K+].[Mg+2]. The zero-order chi connectivity index (χ0) is 0. The van der Waals surface area contributed by atoms with Crippen molar-refractivity contribution in [2.45, 2.75) is 0 Å². The Morgan fingerprint density at radius 1 is 1.00 bits per heavy atom. The molecule has 0 aromatic heterocycles. The molecule has 4 heavy (non-hydrogen) atoms. The van der Waals surface area contributed by atoms with Crippen molar-refractivity contribution in [2.24, 2.45) is 0 Å². The van der Waals surface area contributed by atoms with Crippen LogP contribution in [0.1, 0.15) is 1.43 Å². The monoisotopic (exact) mass is 102 g/mol. The van der Waals surface area contributed by atoms with Gasteiger partial charge in [0.25, 0.3) is 0 Å². The van der Waals surface area contributed by atoms with Gasteiger partial charge in [-0.1, -0.05) is 0 Å². The summed E-state index contributed by atoms with van der Waals surface area (Å²) in [6.07, 6.45) is 0. The third-order valence-corrected chi connectivity index (χ3v) is 0. The minimum absolute atomic E-state index is 0. The Balaban J connectivity index is 0. The van der Waals surface area contributed by atoms with E-state index in [1.807, 2.05) is 0 Å². The predicted molar refractivity (Wildman–Crippen MR) is 6.87 cm³/mol. The summed E-state index contributed by atoms with van der Waals surface area (Å²) in [6, 6.07) is 0. The van der Waals surface area contributed by atoms with Crippen LogP contribution in [0.2, 0.25) is 0 Å². The molecule has 0 atom stereocenters. The van der Waals surface area contributed by atoms with Crippen LogP contribution in [0.3, 0.4) is 0 Å². The van der Waals surface area contributed by atoms with E-state index in [0.29, 0.717) is 0 Å². The zero-order valence-corrected chi connectivity index (χ0v) is 7.00. The van der Waals surface area contributed by atoms with Gasteiger partial charge in [-0.05, 0) is 0 Å². The maximum atomic E-state index is 0. The second-order valence-corrected chi connectivity index (χ2v) is 0. The molecule has 0 spiro atoms. The summed E-state index contributed by atoms with van der Waals surface area (Å²) in [4.78, 5) is 0. The molecule has 0 N–H and O–H groups in total. The average molecular weight is 102 g/mol. The molecular weight excluding hydrogens is 101 g/mol. The molecule has 0 nitrogen and oxygen atoms in total. The molecule has 0 saturated heterocycles. The first-order chi connectivity index (χ1) is 0. The molecule has 0 bridgehead atoms. The standard InChI is InChI=1S/2FH.K.Mg.H/h2*1H;;;/q;;+1;+2;-1/p-2. The summed E-state index contributed by atoms with van der Waals surface area (Å²) in [5.74, 6) is 0. The van der Waals surface area contributed by atoms with Crippen LogP contribution >= 0.6 is 0 Å². The van der Waals surface area contributed by atoms with E-state index >= 15 is 0 Å². The molecule has 0 aliphatic heterocycles. The first-order valence-electron chi connectivity index (χ1n) is 0. The van der Waals surface area contributed by atoms with E-state index in [1.165, 1.54) is 0 Å². The van der Waals surface area contributed by atoms with Crippen LogP contribution in [0, 0.1) is 0 Å². The first-order valence-corrected chi connectivity index (χ1v) is 0. The molecule has 0 saturated carbocycles. The fraction of sp³-hybridized carbons (Fsp3) is 0. The van der Waals surface area contributed by atoms with E-state index in [9.17, 15) is 0 Å². The van der Waals surface area contributed by atoms with Gasteiger partial charge in [0.05, 0.1) is 0 Å². The molecule has 0 amide bonds. The number of rotatable bonds is 0. The summed E-state index contributed by atoms with van der Waals surface area (Å²) < 4.78 is 0. The third kappa shape index (κ3) is 8.86. The van der Waals surface area contributed by atoms with E-state index in [2.05, 4.69) is 0 Å². The van der Waals surface area contributed by atoms with Gasteiger partial charge in [-0.2, -0.15) is 0 Å². The molecule has 0 radical (unpaired) electrons. The smallest absolute Gasteiger partial charge is 1.00 e. The Bertz CT molecular complexity index is 9.61. The van der Waals surface area contributed by atoms with Gasteiger partial charge in [0.15, 0.2) is 0 Å². The molecule has 0 rings (SSSR count). The molecule has 4 heteroatoms. The number of hydrogen-bond donors (Lipinski definition) is 0.